The molecule has 2 aromatic heterocycles. The van der Waals surface area contributed by atoms with E-state index in [1.54, 1.807) is 11.3 Å². The van der Waals surface area contributed by atoms with Crippen molar-refractivity contribution >= 4 is 22.9 Å². The molecule has 0 bridgehead atoms. The summed E-state index contributed by atoms with van der Waals surface area (Å²) in [4.78, 5) is 4.17. The number of halogens is 1. The van der Waals surface area contributed by atoms with Crippen molar-refractivity contribution in [2.45, 2.75) is 18.8 Å². The SMILES string of the molecule is ClCc1cn(CCc2ccsc2)cn1. The minimum atomic E-state index is 0.492. The third-order valence-corrected chi connectivity index (χ3v) is 3.07. The van der Waals surface area contributed by atoms with Gasteiger partial charge in [0.15, 0.2) is 0 Å². The monoisotopic (exact) mass is 226 g/mol. The Balaban J connectivity index is 1.92. The fourth-order valence-corrected chi connectivity index (χ4v) is 2.13. The molecule has 0 aromatic carbocycles. The van der Waals surface area contributed by atoms with Gasteiger partial charge in [-0.2, -0.15) is 11.3 Å². The topological polar surface area (TPSA) is 17.8 Å². The molecule has 0 N–H and O–H groups in total. The molecule has 2 heterocycles. The Labute approximate surface area is 92.2 Å². The zero-order chi connectivity index (χ0) is 9.80. The van der Waals surface area contributed by atoms with Gasteiger partial charge in [0.05, 0.1) is 17.9 Å². The number of aryl methyl sites for hydroxylation is 2. The van der Waals surface area contributed by atoms with Gasteiger partial charge in [-0.1, -0.05) is 0 Å². The minimum Gasteiger partial charge on any atom is -0.337 e. The third-order valence-electron chi connectivity index (χ3n) is 2.06. The average Bonchev–Trinajstić information content (AvgIpc) is 2.86. The Morgan fingerprint density at radius 1 is 1.50 bits per heavy atom. The molecule has 0 atom stereocenters. The van der Waals surface area contributed by atoms with Crippen molar-refractivity contribution in [3.8, 4) is 0 Å². The maximum absolute atomic E-state index is 5.67. The minimum absolute atomic E-state index is 0.492. The highest BCUT2D eigenvalue weighted by atomic mass is 35.5. The van der Waals surface area contributed by atoms with Crippen LogP contribution in [-0.4, -0.2) is 9.55 Å². The standard InChI is InChI=1S/C10H11ClN2S/c11-5-10-6-13(8-12-10)3-1-9-2-4-14-7-9/h2,4,6-8H,1,3,5H2. The second-order valence-corrected chi connectivity index (χ2v) is 4.17. The first-order valence-corrected chi connectivity index (χ1v) is 5.94. The molecule has 0 saturated heterocycles. The number of rotatable bonds is 4. The highest BCUT2D eigenvalue weighted by Crippen LogP contribution is 2.08. The summed E-state index contributed by atoms with van der Waals surface area (Å²) in [5.41, 5.74) is 2.33. The quantitative estimate of drug-likeness (QED) is 0.733. The van der Waals surface area contributed by atoms with E-state index in [2.05, 4.69) is 26.4 Å². The Bertz CT molecular complexity index is 380. The van der Waals surface area contributed by atoms with Crippen molar-refractivity contribution in [2.75, 3.05) is 0 Å². The lowest BCUT2D eigenvalue weighted by molar-refractivity contribution is 0.696. The first-order valence-electron chi connectivity index (χ1n) is 4.46. The predicted molar refractivity (Wildman–Crippen MR) is 59.8 cm³/mol. The molecule has 4 heteroatoms. The Hall–Kier alpha value is -0.800. The molecule has 2 aromatic rings. The first-order chi connectivity index (χ1) is 6.88. The van der Waals surface area contributed by atoms with Crippen LogP contribution < -0.4 is 0 Å². The number of nitrogens with zero attached hydrogens (tertiary/aromatic N) is 2. The number of alkyl halides is 1. The molecule has 0 radical (unpaired) electrons. The molecule has 0 unspecified atom stereocenters. The van der Waals surface area contributed by atoms with Crippen LogP contribution in [0.15, 0.2) is 29.4 Å². The van der Waals surface area contributed by atoms with Gasteiger partial charge in [-0.25, -0.2) is 4.98 Å². The average molecular weight is 227 g/mol. The molecular formula is C10H11ClN2S. The van der Waals surface area contributed by atoms with Crippen molar-refractivity contribution in [1.29, 1.82) is 0 Å². The summed E-state index contributed by atoms with van der Waals surface area (Å²) in [6, 6.07) is 2.16. The molecular weight excluding hydrogens is 216 g/mol. The second kappa shape index (κ2) is 4.62. The lowest BCUT2D eigenvalue weighted by atomic mass is 10.2. The van der Waals surface area contributed by atoms with Crippen molar-refractivity contribution in [2.24, 2.45) is 0 Å². The number of hydrogen-bond donors (Lipinski definition) is 0. The van der Waals surface area contributed by atoms with Crippen LogP contribution >= 0.6 is 22.9 Å². The molecule has 74 valence electrons. The maximum atomic E-state index is 5.67. The fourth-order valence-electron chi connectivity index (χ4n) is 1.29. The van der Waals surface area contributed by atoms with E-state index in [9.17, 15) is 0 Å². The van der Waals surface area contributed by atoms with Crippen LogP contribution in [0.4, 0.5) is 0 Å². The van der Waals surface area contributed by atoms with E-state index in [0.717, 1.165) is 18.7 Å². The molecule has 0 fully saturated rings. The van der Waals surface area contributed by atoms with Crippen LogP contribution in [0.5, 0.6) is 0 Å². The van der Waals surface area contributed by atoms with E-state index >= 15 is 0 Å². The van der Waals surface area contributed by atoms with Crippen LogP contribution in [0.2, 0.25) is 0 Å². The number of imidazole rings is 1. The summed E-state index contributed by atoms with van der Waals surface area (Å²) in [7, 11) is 0. The Morgan fingerprint density at radius 2 is 2.43 bits per heavy atom. The van der Waals surface area contributed by atoms with E-state index in [1.165, 1.54) is 5.56 Å². The first kappa shape index (κ1) is 9.74. The Morgan fingerprint density at radius 3 is 3.07 bits per heavy atom. The van der Waals surface area contributed by atoms with Crippen LogP contribution in [0, 0.1) is 0 Å². The van der Waals surface area contributed by atoms with Gasteiger partial charge in [0.25, 0.3) is 0 Å². The van der Waals surface area contributed by atoms with Gasteiger partial charge in [-0.3, -0.25) is 0 Å². The molecule has 0 saturated carbocycles. The van der Waals surface area contributed by atoms with Gasteiger partial charge in [0, 0.05) is 12.7 Å². The summed E-state index contributed by atoms with van der Waals surface area (Å²) in [5.74, 6) is 0.492. The molecule has 0 aliphatic rings. The van der Waals surface area contributed by atoms with Crippen molar-refractivity contribution in [1.82, 2.24) is 9.55 Å². The fraction of sp³-hybridized carbons (Fsp3) is 0.300. The van der Waals surface area contributed by atoms with Gasteiger partial charge in [-0.15, -0.1) is 11.6 Å². The lowest BCUT2D eigenvalue weighted by Crippen LogP contribution is -1.97. The zero-order valence-electron chi connectivity index (χ0n) is 7.69. The largest absolute Gasteiger partial charge is 0.337 e. The smallest absolute Gasteiger partial charge is 0.0950 e. The summed E-state index contributed by atoms with van der Waals surface area (Å²) >= 11 is 7.40. The highest BCUT2D eigenvalue weighted by Gasteiger charge is 1.97. The van der Waals surface area contributed by atoms with Crippen LogP contribution in [-0.2, 0) is 18.8 Å². The molecule has 2 rings (SSSR count). The molecule has 0 aliphatic carbocycles. The Kier molecular flexibility index (Phi) is 3.22. The third kappa shape index (κ3) is 2.36. The van der Waals surface area contributed by atoms with Gasteiger partial charge in [0.1, 0.15) is 0 Å². The summed E-state index contributed by atoms with van der Waals surface area (Å²) in [5, 5.41) is 4.28. The predicted octanol–water partition coefficient (Wildman–Crippen LogP) is 2.93. The van der Waals surface area contributed by atoms with E-state index in [-0.39, 0.29) is 0 Å². The lowest BCUT2D eigenvalue weighted by Gasteiger charge is -1.99. The molecule has 0 amide bonds. The van der Waals surface area contributed by atoms with Crippen LogP contribution in [0.1, 0.15) is 11.3 Å². The zero-order valence-corrected chi connectivity index (χ0v) is 9.26. The summed E-state index contributed by atoms with van der Waals surface area (Å²) in [6.45, 7) is 0.973. The van der Waals surface area contributed by atoms with E-state index in [1.807, 2.05) is 12.5 Å². The van der Waals surface area contributed by atoms with Gasteiger partial charge < -0.3 is 4.57 Å². The van der Waals surface area contributed by atoms with Gasteiger partial charge in [0.2, 0.25) is 0 Å². The molecule has 2 nitrogen and oxygen atoms in total. The number of thiophene rings is 1. The van der Waals surface area contributed by atoms with Crippen molar-refractivity contribution in [3.05, 3.63) is 40.6 Å². The summed E-state index contributed by atoms with van der Waals surface area (Å²) in [6.07, 6.45) is 4.89. The molecule has 0 spiro atoms. The number of aromatic nitrogens is 2. The van der Waals surface area contributed by atoms with Crippen molar-refractivity contribution < 1.29 is 0 Å². The molecule has 14 heavy (non-hydrogen) atoms. The van der Waals surface area contributed by atoms with Crippen LogP contribution in [0.25, 0.3) is 0 Å². The maximum Gasteiger partial charge on any atom is 0.0950 e. The number of hydrogen-bond acceptors (Lipinski definition) is 2. The van der Waals surface area contributed by atoms with Crippen LogP contribution in [0.3, 0.4) is 0 Å². The van der Waals surface area contributed by atoms with Gasteiger partial charge >= 0.3 is 0 Å². The normalized spacial score (nSPS) is 10.6. The molecule has 0 aliphatic heterocycles. The summed E-state index contributed by atoms with van der Waals surface area (Å²) < 4.78 is 2.08. The van der Waals surface area contributed by atoms with E-state index < -0.39 is 0 Å². The van der Waals surface area contributed by atoms with E-state index in [4.69, 9.17) is 11.6 Å². The highest BCUT2D eigenvalue weighted by molar-refractivity contribution is 7.07. The second-order valence-electron chi connectivity index (χ2n) is 3.12. The van der Waals surface area contributed by atoms with E-state index in [0.29, 0.717) is 5.88 Å². The van der Waals surface area contributed by atoms with Gasteiger partial charge in [-0.05, 0) is 28.8 Å². The van der Waals surface area contributed by atoms with Crippen molar-refractivity contribution in [3.63, 3.8) is 0 Å².